The Bertz CT molecular complexity index is 478. The van der Waals surface area contributed by atoms with Crippen molar-refractivity contribution in [2.24, 2.45) is 0 Å². The van der Waals surface area contributed by atoms with Gasteiger partial charge in [0.1, 0.15) is 0 Å². The Morgan fingerprint density at radius 1 is 1.19 bits per heavy atom. The molecule has 1 aromatic heterocycles. The fraction of sp³-hybridized carbons (Fsp3) is 0.214. The third-order valence-corrected chi connectivity index (χ3v) is 2.62. The minimum Gasteiger partial charge on any atom is -0.348 e. The second-order valence-electron chi connectivity index (χ2n) is 4.00. The smallest absolute Gasteiger partial charge is 0.0929 e. The number of hydrogen-bond acceptors (Lipinski definition) is 1. The molecule has 0 spiro atoms. The van der Waals surface area contributed by atoms with Crippen molar-refractivity contribution < 1.29 is 0 Å². The number of rotatable bonds is 3. The van der Waals surface area contributed by atoms with E-state index in [9.17, 15) is 0 Å². The van der Waals surface area contributed by atoms with Crippen LogP contribution in [0.2, 0.25) is 0 Å². The molecular formula is C14H16N2. The molecule has 0 unspecified atom stereocenters. The number of imidazole rings is 1. The van der Waals surface area contributed by atoms with E-state index in [2.05, 4.69) is 53.3 Å². The molecule has 0 atom stereocenters. The van der Waals surface area contributed by atoms with E-state index in [-0.39, 0.29) is 0 Å². The third kappa shape index (κ3) is 2.60. The molecule has 0 aliphatic rings. The van der Waals surface area contributed by atoms with Crippen molar-refractivity contribution in [1.29, 1.82) is 0 Å². The van der Waals surface area contributed by atoms with E-state index >= 15 is 0 Å². The summed E-state index contributed by atoms with van der Waals surface area (Å²) >= 11 is 0. The Hall–Kier alpha value is -1.83. The van der Waals surface area contributed by atoms with Crippen LogP contribution in [0.5, 0.6) is 0 Å². The quantitative estimate of drug-likeness (QED) is 0.831. The number of nitrogens with one attached hydrogen (secondary N) is 1. The number of benzene rings is 1. The lowest BCUT2D eigenvalue weighted by Gasteiger charge is -1.96. The molecule has 2 nitrogen and oxygen atoms in total. The summed E-state index contributed by atoms with van der Waals surface area (Å²) in [5, 5.41) is 0. The number of aromatic amines is 1. The van der Waals surface area contributed by atoms with Crippen molar-refractivity contribution in [2.45, 2.75) is 20.3 Å². The zero-order chi connectivity index (χ0) is 11.4. The summed E-state index contributed by atoms with van der Waals surface area (Å²) in [4.78, 5) is 7.28. The summed E-state index contributed by atoms with van der Waals surface area (Å²) in [6.07, 6.45) is 6.88. The van der Waals surface area contributed by atoms with Gasteiger partial charge in [-0.05, 0) is 31.9 Å². The summed E-state index contributed by atoms with van der Waals surface area (Å²) in [5.74, 6) is 0. The zero-order valence-corrected chi connectivity index (χ0v) is 9.70. The Morgan fingerprint density at radius 3 is 2.56 bits per heavy atom. The number of H-pyrrole nitrogens is 1. The van der Waals surface area contributed by atoms with Crippen LogP contribution in [0.1, 0.15) is 22.5 Å². The van der Waals surface area contributed by atoms with Gasteiger partial charge in [0.25, 0.3) is 0 Å². The van der Waals surface area contributed by atoms with Crippen LogP contribution < -0.4 is 0 Å². The molecule has 16 heavy (non-hydrogen) atoms. The molecule has 0 aliphatic heterocycles. The van der Waals surface area contributed by atoms with Gasteiger partial charge in [-0.2, -0.15) is 0 Å². The molecular weight excluding hydrogens is 196 g/mol. The van der Waals surface area contributed by atoms with E-state index in [1.165, 1.54) is 11.1 Å². The summed E-state index contributed by atoms with van der Waals surface area (Å²) in [7, 11) is 0. The molecule has 0 aliphatic carbocycles. The maximum absolute atomic E-state index is 4.22. The number of aromatic nitrogens is 2. The monoisotopic (exact) mass is 212 g/mol. The van der Waals surface area contributed by atoms with Gasteiger partial charge in [0.05, 0.1) is 12.0 Å². The fourth-order valence-electron chi connectivity index (χ4n) is 1.57. The van der Waals surface area contributed by atoms with Gasteiger partial charge in [-0.25, -0.2) is 4.98 Å². The number of aryl methyl sites for hydroxylation is 2. The first-order chi connectivity index (χ1) is 7.75. The highest BCUT2D eigenvalue weighted by molar-refractivity contribution is 5.47. The van der Waals surface area contributed by atoms with Gasteiger partial charge >= 0.3 is 0 Å². The van der Waals surface area contributed by atoms with Crippen LogP contribution in [0, 0.1) is 13.8 Å². The van der Waals surface area contributed by atoms with E-state index in [1.54, 1.807) is 6.33 Å². The van der Waals surface area contributed by atoms with Crippen LogP contribution in [-0.4, -0.2) is 9.97 Å². The van der Waals surface area contributed by atoms with Gasteiger partial charge in [0.15, 0.2) is 0 Å². The molecule has 2 rings (SSSR count). The Kier molecular flexibility index (Phi) is 3.20. The highest BCUT2D eigenvalue weighted by Crippen LogP contribution is 2.07. The first kappa shape index (κ1) is 10.7. The zero-order valence-electron chi connectivity index (χ0n) is 9.70. The second-order valence-corrected chi connectivity index (χ2v) is 4.00. The number of allylic oxidation sites excluding steroid dienone is 1. The molecule has 0 saturated heterocycles. The van der Waals surface area contributed by atoms with Crippen LogP contribution >= 0.6 is 0 Å². The summed E-state index contributed by atoms with van der Waals surface area (Å²) in [5.41, 5.74) is 4.76. The van der Waals surface area contributed by atoms with Gasteiger partial charge in [-0.1, -0.05) is 35.9 Å². The number of nitrogens with zero attached hydrogens (tertiary/aromatic N) is 1. The van der Waals surface area contributed by atoms with Crippen molar-refractivity contribution in [3.05, 3.63) is 59.2 Å². The van der Waals surface area contributed by atoms with Gasteiger partial charge in [-0.15, -0.1) is 0 Å². The van der Waals surface area contributed by atoms with Crippen molar-refractivity contribution in [3.63, 3.8) is 0 Å². The van der Waals surface area contributed by atoms with E-state index in [0.29, 0.717) is 0 Å². The van der Waals surface area contributed by atoms with Gasteiger partial charge in [0, 0.05) is 5.69 Å². The lowest BCUT2D eigenvalue weighted by Crippen LogP contribution is -1.82. The number of hydrogen-bond donors (Lipinski definition) is 1. The van der Waals surface area contributed by atoms with Crippen LogP contribution in [0.15, 0.2) is 36.7 Å². The summed E-state index contributed by atoms with van der Waals surface area (Å²) in [6.45, 7) is 4.13. The topological polar surface area (TPSA) is 28.7 Å². The molecule has 82 valence electrons. The predicted octanol–water partition coefficient (Wildman–Crippen LogP) is 3.28. The van der Waals surface area contributed by atoms with Crippen LogP contribution in [-0.2, 0) is 6.42 Å². The van der Waals surface area contributed by atoms with E-state index in [1.807, 2.05) is 6.92 Å². The van der Waals surface area contributed by atoms with Crippen molar-refractivity contribution >= 4 is 6.08 Å². The standard InChI is InChI=1S/C14H16N2/c1-11-6-8-13(9-7-11)4-3-5-14-12(2)15-10-16-14/h3,5-10H,4H2,1-2H3,(H,15,16). The average molecular weight is 212 g/mol. The summed E-state index contributed by atoms with van der Waals surface area (Å²) < 4.78 is 0. The van der Waals surface area contributed by atoms with Gasteiger partial charge in [-0.3, -0.25) is 0 Å². The van der Waals surface area contributed by atoms with Crippen LogP contribution in [0.3, 0.4) is 0 Å². The Balaban J connectivity index is 2.00. The molecule has 0 amide bonds. The van der Waals surface area contributed by atoms with Crippen molar-refractivity contribution in [3.8, 4) is 0 Å². The molecule has 1 heterocycles. The first-order valence-electron chi connectivity index (χ1n) is 5.48. The maximum Gasteiger partial charge on any atom is 0.0929 e. The van der Waals surface area contributed by atoms with E-state index in [0.717, 1.165) is 17.8 Å². The SMILES string of the molecule is Cc1ccc(CC=Cc2nc[nH]c2C)cc1. The lowest BCUT2D eigenvalue weighted by atomic mass is 10.1. The average Bonchev–Trinajstić information content (AvgIpc) is 2.68. The van der Waals surface area contributed by atoms with Crippen LogP contribution in [0.4, 0.5) is 0 Å². The van der Waals surface area contributed by atoms with E-state index in [4.69, 9.17) is 0 Å². The van der Waals surface area contributed by atoms with Gasteiger partial charge in [0.2, 0.25) is 0 Å². The molecule has 0 fully saturated rings. The maximum atomic E-state index is 4.22. The first-order valence-corrected chi connectivity index (χ1v) is 5.48. The predicted molar refractivity (Wildman–Crippen MR) is 67.2 cm³/mol. The van der Waals surface area contributed by atoms with Crippen molar-refractivity contribution in [2.75, 3.05) is 0 Å². The Morgan fingerprint density at radius 2 is 1.94 bits per heavy atom. The molecule has 1 aromatic carbocycles. The van der Waals surface area contributed by atoms with Crippen molar-refractivity contribution in [1.82, 2.24) is 9.97 Å². The molecule has 0 radical (unpaired) electrons. The van der Waals surface area contributed by atoms with E-state index < -0.39 is 0 Å². The highest BCUT2D eigenvalue weighted by atomic mass is 14.9. The molecule has 2 aromatic rings. The molecule has 0 saturated carbocycles. The largest absolute Gasteiger partial charge is 0.348 e. The minimum atomic E-state index is 0.951. The van der Waals surface area contributed by atoms with Crippen LogP contribution in [0.25, 0.3) is 6.08 Å². The third-order valence-electron chi connectivity index (χ3n) is 2.62. The molecule has 0 bridgehead atoms. The minimum absolute atomic E-state index is 0.951. The molecule has 2 heteroatoms. The Labute approximate surface area is 96.1 Å². The lowest BCUT2D eigenvalue weighted by molar-refractivity contribution is 1.25. The highest BCUT2D eigenvalue weighted by Gasteiger charge is 1.94. The normalized spacial score (nSPS) is 11.1. The second kappa shape index (κ2) is 4.79. The fourth-order valence-corrected chi connectivity index (χ4v) is 1.57. The summed E-state index contributed by atoms with van der Waals surface area (Å²) in [6, 6.07) is 8.61. The van der Waals surface area contributed by atoms with Gasteiger partial charge < -0.3 is 4.98 Å². The molecule has 1 N–H and O–H groups in total.